The molecule has 0 unspecified atom stereocenters. The van der Waals surface area contributed by atoms with Crippen LogP contribution in [0, 0.1) is 0 Å². The highest BCUT2D eigenvalue weighted by atomic mass is 32.2. The minimum absolute atomic E-state index is 0.0447. The monoisotopic (exact) mass is 394 g/mol. The molecule has 1 saturated carbocycles. The van der Waals surface area contributed by atoms with Gasteiger partial charge in [0, 0.05) is 16.6 Å². The molecule has 0 aliphatic heterocycles. The van der Waals surface area contributed by atoms with Crippen molar-refractivity contribution < 1.29 is 18.6 Å². The van der Waals surface area contributed by atoms with Crippen LogP contribution in [0.25, 0.3) is 0 Å². The van der Waals surface area contributed by atoms with E-state index in [-0.39, 0.29) is 22.7 Å². The first-order chi connectivity index (χ1) is 12.7. The van der Waals surface area contributed by atoms with Crippen molar-refractivity contribution >= 4 is 16.8 Å². The van der Waals surface area contributed by atoms with Crippen molar-refractivity contribution in [1.82, 2.24) is 0 Å². The summed E-state index contributed by atoms with van der Waals surface area (Å²) in [6.07, 6.45) is 4.05. The molecular weight excluding hydrogens is 358 g/mol. The Morgan fingerprint density at radius 3 is 2.37 bits per heavy atom. The van der Waals surface area contributed by atoms with Gasteiger partial charge in [-0.25, -0.2) is 0 Å². The van der Waals surface area contributed by atoms with E-state index in [1.807, 2.05) is 14.1 Å². The Kier molecular flexibility index (Phi) is 8.04. The second kappa shape index (κ2) is 9.83. The number of carbonyl (C=O) groups is 1. The summed E-state index contributed by atoms with van der Waals surface area (Å²) in [5.74, 6) is 0.380. The zero-order chi connectivity index (χ0) is 20.0. The van der Waals surface area contributed by atoms with Crippen LogP contribution in [0.15, 0.2) is 24.3 Å². The van der Waals surface area contributed by atoms with Crippen LogP contribution < -0.4 is 4.90 Å². The minimum atomic E-state index is -1.03. The molecule has 27 heavy (non-hydrogen) atoms. The molecule has 0 amide bonds. The standard InChI is InChI=1S/C22H35NO3S/c1-22(2,3)18-12-10-17(11-13-18)16-27(25)20-9-7-6-8-19(20)26-21(24)14-15-23(4)5/h10-13,19-20H,6-9,14-16H2,1-5H3/p+1/t19-,20-,27-/m0/s1. The van der Waals surface area contributed by atoms with E-state index < -0.39 is 10.8 Å². The van der Waals surface area contributed by atoms with E-state index in [0.717, 1.165) is 37.8 Å². The third-order valence-electron chi connectivity index (χ3n) is 5.22. The third-order valence-corrected chi connectivity index (χ3v) is 7.05. The molecule has 1 aromatic rings. The normalized spacial score (nSPS) is 21.9. The van der Waals surface area contributed by atoms with E-state index in [1.165, 1.54) is 10.5 Å². The molecule has 3 atom stereocenters. The predicted molar refractivity (Wildman–Crippen MR) is 111 cm³/mol. The first-order valence-corrected chi connectivity index (χ1v) is 11.5. The molecular formula is C22H36NO3S+. The molecule has 152 valence electrons. The molecule has 1 fully saturated rings. The Morgan fingerprint density at radius 2 is 1.78 bits per heavy atom. The number of quaternary nitrogens is 1. The van der Waals surface area contributed by atoms with Crippen molar-refractivity contribution in [3.05, 3.63) is 35.4 Å². The van der Waals surface area contributed by atoms with Gasteiger partial charge >= 0.3 is 5.97 Å². The van der Waals surface area contributed by atoms with Crippen molar-refractivity contribution in [1.29, 1.82) is 0 Å². The summed E-state index contributed by atoms with van der Waals surface area (Å²) < 4.78 is 18.8. The van der Waals surface area contributed by atoms with Crippen molar-refractivity contribution in [2.24, 2.45) is 0 Å². The molecule has 1 aliphatic rings. The van der Waals surface area contributed by atoms with Gasteiger partial charge < -0.3 is 9.64 Å². The van der Waals surface area contributed by atoms with E-state index in [0.29, 0.717) is 12.2 Å². The van der Waals surface area contributed by atoms with Gasteiger partial charge in [0.2, 0.25) is 0 Å². The maximum Gasteiger partial charge on any atom is 0.311 e. The SMILES string of the molecule is C[NH+](C)CCC(=O)O[C@H]1CCCC[C@@H]1[S@@](=O)Cc1ccc(C(C)(C)C)cc1. The van der Waals surface area contributed by atoms with Crippen LogP contribution in [0.3, 0.4) is 0 Å². The highest BCUT2D eigenvalue weighted by molar-refractivity contribution is 7.84. The lowest BCUT2D eigenvalue weighted by molar-refractivity contribution is -0.857. The number of esters is 1. The van der Waals surface area contributed by atoms with E-state index in [9.17, 15) is 9.00 Å². The van der Waals surface area contributed by atoms with Crippen LogP contribution in [-0.4, -0.2) is 42.2 Å². The fourth-order valence-corrected chi connectivity index (χ4v) is 5.15. The number of hydrogen-bond donors (Lipinski definition) is 1. The summed E-state index contributed by atoms with van der Waals surface area (Å²) in [6, 6.07) is 8.44. The Morgan fingerprint density at radius 1 is 1.15 bits per heavy atom. The number of nitrogens with one attached hydrogen (secondary N) is 1. The van der Waals surface area contributed by atoms with Gasteiger partial charge in [0.25, 0.3) is 0 Å². The van der Waals surface area contributed by atoms with Gasteiger partial charge in [0.05, 0.1) is 32.3 Å². The molecule has 1 aliphatic carbocycles. The van der Waals surface area contributed by atoms with Crippen LogP contribution in [0.5, 0.6) is 0 Å². The zero-order valence-electron chi connectivity index (χ0n) is 17.5. The van der Waals surface area contributed by atoms with Gasteiger partial charge in [0.15, 0.2) is 0 Å². The van der Waals surface area contributed by atoms with Gasteiger partial charge in [0.1, 0.15) is 6.10 Å². The maximum atomic E-state index is 13.0. The summed E-state index contributed by atoms with van der Waals surface area (Å²) >= 11 is 0. The Hall–Kier alpha value is -1.20. The topological polar surface area (TPSA) is 47.8 Å². The molecule has 1 aromatic carbocycles. The third kappa shape index (κ3) is 7.04. The van der Waals surface area contributed by atoms with E-state index >= 15 is 0 Å². The smallest absolute Gasteiger partial charge is 0.311 e. The molecule has 0 bridgehead atoms. The number of benzene rings is 1. The molecule has 0 spiro atoms. The van der Waals surface area contributed by atoms with Crippen molar-refractivity contribution in [3.63, 3.8) is 0 Å². The molecule has 0 heterocycles. The quantitative estimate of drug-likeness (QED) is 0.723. The first kappa shape index (κ1) is 22.1. The van der Waals surface area contributed by atoms with Gasteiger partial charge in [-0.05, 0) is 35.8 Å². The number of ether oxygens (including phenoxy) is 1. The van der Waals surface area contributed by atoms with Crippen LogP contribution in [0.1, 0.15) is 64.0 Å². The predicted octanol–water partition coefficient (Wildman–Crippen LogP) is 2.62. The largest absolute Gasteiger partial charge is 0.461 e. The van der Waals surface area contributed by atoms with Crippen LogP contribution in [0.4, 0.5) is 0 Å². The minimum Gasteiger partial charge on any atom is -0.461 e. The molecule has 1 N–H and O–H groups in total. The molecule has 0 aromatic heterocycles. The van der Waals surface area contributed by atoms with Crippen LogP contribution in [-0.2, 0) is 31.5 Å². The summed E-state index contributed by atoms with van der Waals surface area (Å²) in [5, 5.41) is -0.0447. The number of rotatable bonds is 7. The molecule has 4 nitrogen and oxygen atoms in total. The van der Waals surface area contributed by atoms with Crippen LogP contribution in [0.2, 0.25) is 0 Å². The number of hydrogen-bond acceptors (Lipinski definition) is 3. The Labute approximate surface area is 167 Å². The van der Waals surface area contributed by atoms with Gasteiger partial charge in [-0.3, -0.25) is 9.00 Å². The summed E-state index contributed by atoms with van der Waals surface area (Å²) in [7, 11) is 3.02. The highest BCUT2D eigenvalue weighted by Crippen LogP contribution is 2.28. The van der Waals surface area contributed by atoms with Gasteiger partial charge in [-0.15, -0.1) is 0 Å². The average molecular weight is 395 g/mol. The zero-order valence-corrected chi connectivity index (χ0v) is 18.4. The summed E-state index contributed by atoms with van der Waals surface area (Å²) in [5.41, 5.74) is 2.49. The molecule has 2 rings (SSSR count). The van der Waals surface area contributed by atoms with Gasteiger partial charge in [-0.1, -0.05) is 51.5 Å². The Bertz CT molecular complexity index is 634. The fourth-order valence-electron chi connectivity index (χ4n) is 3.45. The van der Waals surface area contributed by atoms with E-state index in [2.05, 4.69) is 45.0 Å². The summed E-state index contributed by atoms with van der Waals surface area (Å²) in [6.45, 7) is 7.34. The first-order valence-electron chi connectivity index (χ1n) is 10.1. The fraction of sp³-hybridized carbons (Fsp3) is 0.682. The second-order valence-electron chi connectivity index (χ2n) is 9.03. The Balaban J connectivity index is 1.97. The maximum absolute atomic E-state index is 13.0. The molecule has 0 radical (unpaired) electrons. The van der Waals surface area contributed by atoms with Crippen molar-refractivity contribution in [3.8, 4) is 0 Å². The van der Waals surface area contributed by atoms with Crippen molar-refractivity contribution in [2.45, 2.75) is 75.4 Å². The van der Waals surface area contributed by atoms with Crippen LogP contribution >= 0.6 is 0 Å². The average Bonchev–Trinajstić information content (AvgIpc) is 2.60. The van der Waals surface area contributed by atoms with Crippen molar-refractivity contribution in [2.75, 3.05) is 20.6 Å². The molecule has 5 heteroatoms. The number of carbonyl (C=O) groups excluding carboxylic acids is 1. The second-order valence-corrected chi connectivity index (χ2v) is 10.7. The highest BCUT2D eigenvalue weighted by Gasteiger charge is 2.32. The summed E-state index contributed by atoms with van der Waals surface area (Å²) in [4.78, 5) is 13.4. The lowest BCUT2D eigenvalue weighted by atomic mass is 9.87. The van der Waals surface area contributed by atoms with Gasteiger partial charge in [-0.2, -0.15) is 0 Å². The lowest BCUT2D eigenvalue weighted by Crippen LogP contribution is -3.05. The van der Waals surface area contributed by atoms with E-state index in [1.54, 1.807) is 0 Å². The lowest BCUT2D eigenvalue weighted by Gasteiger charge is -2.30. The molecule has 0 saturated heterocycles. The van der Waals surface area contributed by atoms with E-state index in [4.69, 9.17) is 4.74 Å².